The van der Waals surface area contributed by atoms with Crippen molar-refractivity contribution in [2.45, 2.75) is 42.4 Å². The number of hydrogen-bond donors (Lipinski definition) is 0. The molecule has 22 heavy (non-hydrogen) atoms. The SMILES string of the molecule is O=C1CS/C(=N/S(=O)(=O)c2ccc(Cl)s2)N1C1CCCCC1. The molecule has 0 spiro atoms. The monoisotopic (exact) mass is 378 g/mol. The average molecular weight is 379 g/mol. The summed E-state index contributed by atoms with van der Waals surface area (Å²) < 4.78 is 29.1. The van der Waals surface area contributed by atoms with E-state index in [0.29, 0.717) is 9.50 Å². The molecule has 1 aromatic heterocycles. The molecule has 0 radical (unpaired) electrons. The van der Waals surface area contributed by atoms with Gasteiger partial charge in [0.25, 0.3) is 10.0 Å². The molecule has 5 nitrogen and oxygen atoms in total. The van der Waals surface area contributed by atoms with Gasteiger partial charge in [-0.1, -0.05) is 42.6 Å². The summed E-state index contributed by atoms with van der Waals surface area (Å²) in [4.78, 5) is 13.7. The Morgan fingerprint density at radius 1 is 1.23 bits per heavy atom. The Kier molecular flexibility index (Phi) is 4.82. The summed E-state index contributed by atoms with van der Waals surface area (Å²) in [6, 6.07) is 3.06. The van der Waals surface area contributed by atoms with Gasteiger partial charge in [-0.2, -0.15) is 8.42 Å². The highest BCUT2D eigenvalue weighted by Gasteiger charge is 2.36. The lowest BCUT2D eigenvalue weighted by Crippen LogP contribution is -2.41. The minimum Gasteiger partial charge on any atom is -0.287 e. The molecule has 3 rings (SSSR count). The van der Waals surface area contributed by atoms with E-state index >= 15 is 0 Å². The first-order valence-corrected chi connectivity index (χ1v) is 10.6. The quantitative estimate of drug-likeness (QED) is 0.808. The first-order chi connectivity index (χ1) is 10.5. The molecule has 1 aliphatic carbocycles. The summed E-state index contributed by atoms with van der Waals surface area (Å²) in [5.41, 5.74) is 0. The number of carbonyl (C=O) groups is 1. The molecule has 2 heterocycles. The number of amidine groups is 1. The van der Waals surface area contributed by atoms with E-state index in [0.717, 1.165) is 37.0 Å². The molecule has 0 bridgehead atoms. The Balaban J connectivity index is 1.89. The summed E-state index contributed by atoms with van der Waals surface area (Å²) in [5, 5.41) is 0.307. The number of nitrogens with zero attached hydrogens (tertiary/aromatic N) is 2. The normalized spacial score (nSPS) is 22.7. The van der Waals surface area contributed by atoms with Crippen molar-refractivity contribution in [3.8, 4) is 0 Å². The zero-order chi connectivity index (χ0) is 15.7. The molecule has 0 unspecified atom stereocenters. The number of thiophene rings is 1. The predicted molar refractivity (Wildman–Crippen MR) is 90.1 cm³/mol. The second-order valence-electron chi connectivity index (χ2n) is 5.25. The van der Waals surface area contributed by atoms with Crippen molar-refractivity contribution in [2.24, 2.45) is 4.40 Å². The molecule has 1 aromatic rings. The van der Waals surface area contributed by atoms with Crippen molar-refractivity contribution < 1.29 is 13.2 Å². The lowest BCUT2D eigenvalue weighted by atomic mass is 9.94. The van der Waals surface area contributed by atoms with E-state index in [-0.39, 0.29) is 21.9 Å². The van der Waals surface area contributed by atoms with Crippen molar-refractivity contribution in [1.82, 2.24) is 4.90 Å². The Bertz CT molecular complexity index is 708. The van der Waals surface area contributed by atoms with Crippen LogP contribution >= 0.6 is 34.7 Å². The highest BCUT2D eigenvalue weighted by molar-refractivity contribution is 8.15. The fraction of sp³-hybridized carbons (Fsp3) is 0.538. The van der Waals surface area contributed by atoms with Gasteiger partial charge in [0.05, 0.1) is 10.1 Å². The van der Waals surface area contributed by atoms with Crippen LogP contribution in [0.3, 0.4) is 0 Å². The molecule has 1 saturated carbocycles. The zero-order valence-corrected chi connectivity index (χ0v) is 14.9. The van der Waals surface area contributed by atoms with Gasteiger partial charge in [0.15, 0.2) is 5.17 Å². The molecule has 120 valence electrons. The summed E-state index contributed by atoms with van der Waals surface area (Å²) in [6.07, 6.45) is 5.13. The molecule has 0 aromatic carbocycles. The minimum atomic E-state index is -3.81. The number of rotatable bonds is 3. The number of halogens is 1. The van der Waals surface area contributed by atoms with E-state index in [1.54, 1.807) is 4.90 Å². The van der Waals surface area contributed by atoms with Crippen LogP contribution < -0.4 is 0 Å². The zero-order valence-electron chi connectivity index (χ0n) is 11.7. The van der Waals surface area contributed by atoms with Crippen LogP contribution in [0.5, 0.6) is 0 Å². The summed E-state index contributed by atoms with van der Waals surface area (Å²) >= 11 is 7.97. The van der Waals surface area contributed by atoms with Crippen LogP contribution in [-0.4, -0.2) is 36.2 Å². The fourth-order valence-electron chi connectivity index (χ4n) is 2.73. The van der Waals surface area contributed by atoms with Gasteiger partial charge in [-0.05, 0) is 25.0 Å². The maximum Gasteiger partial charge on any atom is 0.294 e. The lowest BCUT2D eigenvalue weighted by molar-refractivity contribution is -0.126. The highest BCUT2D eigenvalue weighted by Crippen LogP contribution is 2.32. The molecule has 0 atom stereocenters. The van der Waals surface area contributed by atoms with Crippen LogP contribution in [0, 0.1) is 0 Å². The Morgan fingerprint density at radius 3 is 2.59 bits per heavy atom. The smallest absolute Gasteiger partial charge is 0.287 e. The second kappa shape index (κ2) is 6.51. The van der Waals surface area contributed by atoms with Crippen molar-refractivity contribution in [2.75, 3.05) is 5.75 Å². The Morgan fingerprint density at radius 2 is 1.95 bits per heavy atom. The van der Waals surface area contributed by atoms with E-state index in [2.05, 4.69) is 4.40 Å². The van der Waals surface area contributed by atoms with Gasteiger partial charge in [-0.25, -0.2) is 0 Å². The molecule has 1 saturated heterocycles. The summed E-state index contributed by atoms with van der Waals surface area (Å²) in [7, 11) is -3.81. The van der Waals surface area contributed by atoms with Crippen LogP contribution in [0.15, 0.2) is 20.7 Å². The highest BCUT2D eigenvalue weighted by atomic mass is 35.5. The van der Waals surface area contributed by atoms with Gasteiger partial charge in [0, 0.05) is 6.04 Å². The van der Waals surface area contributed by atoms with Crippen LogP contribution in [0.2, 0.25) is 4.34 Å². The third-order valence-corrected chi connectivity index (χ3v) is 7.76. The first-order valence-electron chi connectivity index (χ1n) is 7.02. The first kappa shape index (κ1) is 16.3. The van der Waals surface area contributed by atoms with E-state index in [1.165, 1.54) is 30.3 Å². The second-order valence-corrected chi connectivity index (χ2v) is 9.74. The van der Waals surface area contributed by atoms with Crippen molar-refractivity contribution in [3.05, 3.63) is 16.5 Å². The van der Waals surface area contributed by atoms with E-state index in [9.17, 15) is 13.2 Å². The number of amides is 1. The fourth-order valence-corrected chi connectivity index (χ4v) is 6.35. The number of thioether (sulfide) groups is 1. The lowest BCUT2D eigenvalue weighted by Gasteiger charge is -2.30. The molecular formula is C13H15ClN2O3S3. The van der Waals surface area contributed by atoms with Crippen LogP contribution in [0.4, 0.5) is 0 Å². The van der Waals surface area contributed by atoms with Gasteiger partial charge >= 0.3 is 0 Å². The van der Waals surface area contributed by atoms with Crippen LogP contribution in [-0.2, 0) is 14.8 Å². The molecule has 2 fully saturated rings. The maximum atomic E-state index is 12.3. The van der Waals surface area contributed by atoms with Crippen LogP contribution in [0.1, 0.15) is 32.1 Å². The van der Waals surface area contributed by atoms with Crippen molar-refractivity contribution in [1.29, 1.82) is 0 Å². The van der Waals surface area contributed by atoms with Crippen molar-refractivity contribution >= 4 is 55.8 Å². The third kappa shape index (κ3) is 3.34. The molecule has 9 heteroatoms. The maximum absolute atomic E-state index is 12.3. The topological polar surface area (TPSA) is 66.8 Å². The molecule has 1 aliphatic heterocycles. The Hall–Kier alpha value is -0.570. The Labute approximate surface area is 142 Å². The van der Waals surface area contributed by atoms with Gasteiger partial charge in [0.2, 0.25) is 5.91 Å². The van der Waals surface area contributed by atoms with E-state index < -0.39 is 10.0 Å². The predicted octanol–water partition coefficient (Wildman–Crippen LogP) is 3.35. The third-order valence-electron chi connectivity index (χ3n) is 3.74. The van der Waals surface area contributed by atoms with Crippen molar-refractivity contribution in [3.63, 3.8) is 0 Å². The summed E-state index contributed by atoms with van der Waals surface area (Å²) in [5.74, 6) is 0.214. The minimum absolute atomic E-state index is 0.0462. The van der Waals surface area contributed by atoms with Gasteiger partial charge in [-0.15, -0.1) is 15.7 Å². The van der Waals surface area contributed by atoms with Gasteiger partial charge < -0.3 is 0 Å². The number of hydrogen-bond acceptors (Lipinski definition) is 5. The average Bonchev–Trinajstić information content (AvgIpc) is 3.07. The number of sulfonamides is 1. The standard InChI is InChI=1S/C13H15ClN2O3S3/c14-10-6-7-12(21-10)22(18,19)15-13-16(11(17)8-20-13)9-4-2-1-3-5-9/h6-7,9H,1-5,8H2/b15-13+. The van der Waals surface area contributed by atoms with E-state index in [4.69, 9.17) is 11.6 Å². The van der Waals surface area contributed by atoms with E-state index in [1.807, 2.05) is 0 Å². The van der Waals surface area contributed by atoms with Gasteiger partial charge in [0.1, 0.15) is 4.21 Å². The van der Waals surface area contributed by atoms with Gasteiger partial charge in [-0.3, -0.25) is 9.69 Å². The molecule has 0 N–H and O–H groups in total. The van der Waals surface area contributed by atoms with Crippen LogP contribution in [0.25, 0.3) is 0 Å². The molecule has 1 amide bonds. The molecular weight excluding hydrogens is 364 g/mol. The largest absolute Gasteiger partial charge is 0.294 e. The number of carbonyl (C=O) groups excluding carboxylic acids is 1. The summed E-state index contributed by atoms with van der Waals surface area (Å²) in [6.45, 7) is 0. The molecule has 2 aliphatic rings.